The Morgan fingerprint density at radius 3 is 2.37 bits per heavy atom. The minimum atomic E-state index is -3.85. The van der Waals surface area contributed by atoms with Crippen LogP contribution in [0.25, 0.3) is 0 Å². The highest BCUT2D eigenvalue weighted by molar-refractivity contribution is 7.92. The van der Waals surface area contributed by atoms with Gasteiger partial charge in [-0.25, -0.2) is 13.2 Å². The van der Waals surface area contributed by atoms with Crippen LogP contribution in [0.3, 0.4) is 0 Å². The average Bonchev–Trinajstić information content (AvgIpc) is 2.89. The van der Waals surface area contributed by atoms with Crippen molar-refractivity contribution in [1.29, 1.82) is 0 Å². The molecule has 0 atom stereocenters. The van der Waals surface area contributed by atoms with E-state index in [-0.39, 0.29) is 10.6 Å². The summed E-state index contributed by atoms with van der Waals surface area (Å²) in [7, 11) is -2.41. The van der Waals surface area contributed by atoms with Gasteiger partial charge in [0.15, 0.2) is 0 Å². The Hall–Kier alpha value is -3.40. The van der Waals surface area contributed by atoms with Crippen molar-refractivity contribution >= 4 is 39.2 Å². The number of urea groups is 1. The van der Waals surface area contributed by atoms with Crippen LogP contribution in [-0.2, 0) is 19.6 Å². The number of sulfonamides is 1. The molecule has 0 unspecified atom stereocenters. The van der Waals surface area contributed by atoms with Crippen LogP contribution in [0.15, 0.2) is 59.5 Å². The number of amides is 4. The summed E-state index contributed by atoms with van der Waals surface area (Å²) in [6.45, 7) is 2.61. The standard InChI is InChI=1S/C20H22N4O5S/c1-20(2)18(26)24(19(27)22-20)13-17(25)21-14-8-7-11-16(12-14)30(28,29)23(3)15-9-5-4-6-10-15/h4-12H,13H2,1-3H3,(H,21,25)(H,22,27). The van der Waals surface area contributed by atoms with Crippen LogP contribution in [0.5, 0.6) is 0 Å². The van der Waals surface area contributed by atoms with Gasteiger partial charge < -0.3 is 10.6 Å². The summed E-state index contributed by atoms with van der Waals surface area (Å²) in [6.07, 6.45) is 0. The van der Waals surface area contributed by atoms with Gasteiger partial charge in [-0.1, -0.05) is 24.3 Å². The Bertz CT molecular complexity index is 1100. The van der Waals surface area contributed by atoms with Gasteiger partial charge in [0.1, 0.15) is 12.1 Å². The molecule has 0 aromatic heterocycles. The molecule has 1 aliphatic heterocycles. The summed E-state index contributed by atoms with van der Waals surface area (Å²) in [5, 5.41) is 5.02. The monoisotopic (exact) mass is 430 g/mol. The van der Waals surface area contributed by atoms with E-state index in [1.807, 2.05) is 0 Å². The van der Waals surface area contributed by atoms with Crippen molar-refractivity contribution < 1.29 is 22.8 Å². The number of nitrogens with one attached hydrogen (secondary N) is 2. The van der Waals surface area contributed by atoms with E-state index in [2.05, 4.69) is 10.6 Å². The first-order chi connectivity index (χ1) is 14.0. The number of anilines is 2. The molecule has 10 heteroatoms. The molecule has 2 aromatic rings. The number of nitrogens with zero attached hydrogens (tertiary/aromatic N) is 2. The van der Waals surface area contributed by atoms with Crippen molar-refractivity contribution in [1.82, 2.24) is 10.2 Å². The number of carbonyl (C=O) groups excluding carboxylic acids is 3. The molecule has 0 aliphatic carbocycles. The summed E-state index contributed by atoms with van der Waals surface area (Å²) in [6, 6.07) is 13.7. The van der Waals surface area contributed by atoms with E-state index in [0.717, 1.165) is 9.21 Å². The minimum Gasteiger partial charge on any atom is -0.324 e. The molecule has 0 radical (unpaired) electrons. The van der Waals surface area contributed by atoms with Crippen LogP contribution in [0.1, 0.15) is 13.8 Å². The smallest absolute Gasteiger partial charge is 0.324 e. The second kappa shape index (κ2) is 7.79. The van der Waals surface area contributed by atoms with Crippen molar-refractivity contribution in [3.8, 4) is 0 Å². The fourth-order valence-electron chi connectivity index (χ4n) is 2.97. The van der Waals surface area contributed by atoms with E-state index in [0.29, 0.717) is 5.69 Å². The SMILES string of the molecule is CN(c1ccccc1)S(=O)(=O)c1cccc(NC(=O)CN2C(=O)NC(C)(C)C2=O)c1. The molecule has 0 saturated carbocycles. The van der Waals surface area contributed by atoms with E-state index in [9.17, 15) is 22.8 Å². The van der Waals surface area contributed by atoms with Gasteiger partial charge >= 0.3 is 6.03 Å². The lowest BCUT2D eigenvalue weighted by molar-refractivity contribution is -0.132. The first-order valence-corrected chi connectivity index (χ1v) is 10.5. The van der Waals surface area contributed by atoms with Crippen LogP contribution < -0.4 is 14.9 Å². The Morgan fingerprint density at radius 1 is 1.10 bits per heavy atom. The summed E-state index contributed by atoms with van der Waals surface area (Å²) in [5.74, 6) is -1.13. The molecule has 2 aromatic carbocycles. The van der Waals surface area contributed by atoms with E-state index in [1.54, 1.807) is 44.2 Å². The molecule has 3 rings (SSSR count). The Morgan fingerprint density at radius 2 is 1.77 bits per heavy atom. The third kappa shape index (κ3) is 4.13. The summed E-state index contributed by atoms with van der Waals surface area (Å²) in [4.78, 5) is 37.3. The second-order valence-corrected chi connectivity index (χ2v) is 9.30. The van der Waals surface area contributed by atoms with Crippen molar-refractivity contribution in [2.45, 2.75) is 24.3 Å². The molecule has 1 saturated heterocycles. The van der Waals surface area contributed by atoms with Crippen LogP contribution in [-0.4, -0.2) is 50.3 Å². The third-order valence-corrected chi connectivity index (χ3v) is 6.42. The molecule has 9 nitrogen and oxygen atoms in total. The largest absolute Gasteiger partial charge is 0.325 e. The molecule has 4 amide bonds. The molecule has 0 bridgehead atoms. The number of hydrogen-bond donors (Lipinski definition) is 2. The van der Waals surface area contributed by atoms with Crippen molar-refractivity contribution in [3.05, 3.63) is 54.6 Å². The zero-order valence-electron chi connectivity index (χ0n) is 16.7. The fraction of sp³-hybridized carbons (Fsp3) is 0.250. The molecule has 2 N–H and O–H groups in total. The summed E-state index contributed by atoms with van der Waals surface area (Å²) < 4.78 is 27.0. The molecule has 1 fully saturated rings. The predicted octanol–water partition coefficient (Wildman–Crippen LogP) is 1.78. The van der Waals surface area contributed by atoms with Gasteiger partial charge in [0, 0.05) is 12.7 Å². The van der Waals surface area contributed by atoms with Crippen molar-refractivity contribution in [2.24, 2.45) is 0 Å². The van der Waals surface area contributed by atoms with Crippen molar-refractivity contribution in [2.75, 3.05) is 23.2 Å². The molecule has 1 aliphatic rings. The zero-order chi connectivity index (χ0) is 22.1. The number of para-hydroxylation sites is 1. The van der Waals surface area contributed by atoms with Crippen LogP contribution in [0, 0.1) is 0 Å². The van der Waals surface area contributed by atoms with Gasteiger partial charge in [-0.3, -0.25) is 18.8 Å². The highest BCUT2D eigenvalue weighted by atomic mass is 32.2. The topological polar surface area (TPSA) is 116 Å². The highest BCUT2D eigenvalue weighted by Crippen LogP contribution is 2.24. The Labute approximate surface area is 174 Å². The number of carbonyl (C=O) groups is 3. The lowest BCUT2D eigenvalue weighted by atomic mass is 10.1. The molecule has 158 valence electrons. The Balaban J connectivity index is 1.75. The molecule has 1 heterocycles. The second-order valence-electron chi connectivity index (χ2n) is 7.33. The van der Waals surface area contributed by atoms with Gasteiger partial charge in [-0.15, -0.1) is 0 Å². The molecule has 30 heavy (non-hydrogen) atoms. The Kier molecular flexibility index (Phi) is 5.53. The zero-order valence-corrected chi connectivity index (χ0v) is 17.6. The lowest BCUT2D eigenvalue weighted by Crippen LogP contribution is -2.41. The molecule has 0 spiro atoms. The highest BCUT2D eigenvalue weighted by Gasteiger charge is 2.44. The van der Waals surface area contributed by atoms with Gasteiger partial charge in [0.25, 0.3) is 15.9 Å². The number of hydrogen-bond acceptors (Lipinski definition) is 5. The maximum Gasteiger partial charge on any atom is 0.325 e. The maximum atomic E-state index is 12.9. The van der Waals surface area contributed by atoms with Crippen molar-refractivity contribution in [3.63, 3.8) is 0 Å². The first kappa shape index (κ1) is 21.3. The molecular weight excluding hydrogens is 408 g/mol. The van der Waals surface area contributed by atoms with Crippen LogP contribution in [0.4, 0.5) is 16.2 Å². The van der Waals surface area contributed by atoms with Gasteiger partial charge in [0.2, 0.25) is 5.91 Å². The fourth-order valence-corrected chi connectivity index (χ4v) is 4.22. The van der Waals surface area contributed by atoms with Gasteiger partial charge in [-0.05, 0) is 44.2 Å². The maximum absolute atomic E-state index is 12.9. The van der Waals surface area contributed by atoms with Gasteiger partial charge in [-0.2, -0.15) is 0 Å². The first-order valence-electron chi connectivity index (χ1n) is 9.10. The number of imide groups is 1. The van der Waals surface area contributed by atoms with Crippen LogP contribution in [0.2, 0.25) is 0 Å². The summed E-state index contributed by atoms with van der Waals surface area (Å²) >= 11 is 0. The number of rotatable bonds is 6. The van der Waals surface area contributed by atoms with Crippen LogP contribution >= 0.6 is 0 Å². The quantitative estimate of drug-likeness (QED) is 0.678. The van der Waals surface area contributed by atoms with E-state index in [1.165, 1.54) is 31.3 Å². The van der Waals surface area contributed by atoms with E-state index < -0.39 is 40.0 Å². The van der Waals surface area contributed by atoms with E-state index in [4.69, 9.17) is 0 Å². The van der Waals surface area contributed by atoms with Gasteiger partial charge in [0.05, 0.1) is 10.6 Å². The minimum absolute atomic E-state index is 0.0113. The molecular formula is C20H22N4O5S. The summed E-state index contributed by atoms with van der Waals surface area (Å²) in [5.41, 5.74) is -0.352. The third-order valence-electron chi connectivity index (χ3n) is 4.64. The lowest BCUT2D eigenvalue weighted by Gasteiger charge is -2.20. The average molecular weight is 430 g/mol. The van der Waals surface area contributed by atoms with E-state index >= 15 is 0 Å². The number of benzene rings is 2. The predicted molar refractivity (Wildman–Crippen MR) is 111 cm³/mol. The normalized spacial score (nSPS) is 15.6.